The molecule has 3 aliphatic heterocycles. The fraction of sp³-hybridized carbons (Fsp3) is 0.810. The number of aliphatic hydroxyl groups is 3. The van der Waals surface area contributed by atoms with E-state index in [1.165, 1.54) is 12.0 Å². The Morgan fingerprint density at radius 2 is 1.59 bits per heavy atom. The smallest absolute Gasteiger partial charge is 0.329 e. The Kier molecular flexibility index (Phi) is 26.8. The molecule has 0 spiro atoms. The van der Waals surface area contributed by atoms with Crippen LogP contribution in [-0.4, -0.2) is 158 Å². The summed E-state index contributed by atoms with van der Waals surface area (Å²) in [4.78, 5) is 72.3. The molecule has 0 aromatic carbocycles. The number of hydrogen-bond acceptors (Lipinski definition) is 15. The number of allylic oxidation sites excluding steroid dienone is 4. The number of rotatable bonds is 29. The number of methoxy groups -OCH3 is 2. The van der Waals surface area contributed by atoms with Gasteiger partial charge in [-0.1, -0.05) is 65.8 Å². The number of carbonyl (C=O) groups excluding carboxylic acids is 5. The summed E-state index contributed by atoms with van der Waals surface area (Å²) in [6.45, 7) is 18.9. The Morgan fingerprint density at radius 1 is 0.878 bits per heavy atom. The van der Waals surface area contributed by atoms with Crippen LogP contribution in [0.4, 0.5) is 0 Å². The fourth-order valence-corrected chi connectivity index (χ4v) is 11.4. The zero-order valence-electron chi connectivity index (χ0n) is 46.8. The summed E-state index contributed by atoms with van der Waals surface area (Å²) in [5, 5.41) is 32.9. The summed E-state index contributed by atoms with van der Waals surface area (Å²) < 4.78 is 41.9. The second-order valence-electron chi connectivity index (χ2n) is 22.5. The van der Waals surface area contributed by atoms with Crippen molar-refractivity contribution in [3.8, 4) is 0 Å². The van der Waals surface area contributed by atoms with Gasteiger partial charge in [0.2, 0.25) is 5.79 Å². The van der Waals surface area contributed by atoms with Crippen LogP contribution in [0.2, 0.25) is 0 Å². The van der Waals surface area contributed by atoms with Gasteiger partial charge in [0, 0.05) is 64.6 Å². The fourth-order valence-electron chi connectivity index (χ4n) is 11.4. The van der Waals surface area contributed by atoms with Crippen molar-refractivity contribution in [3.05, 3.63) is 35.5 Å². The number of aliphatic hydroxyl groups excluding tert-OH is 2. The number of esters is 1. The molecule has 1 amide bonds. The van der Waals surface area contributed by atoms with Crippen LogP contribution in [0.25, 0.3) is 0 Å². The van der Waals surface area contributed by atoms with Crippen molar-refractivity contribution >= 4 is 29.2 Å². The standard InChI is InChI=1S/C58H95NO15/c1-12-13-16-37(4)49(72-35-43-22-26-70-27-23-43)33-45-20-18-42(9)58(67,74-45)55(64)56(65)59-24-15-14-17-46(59)57(66)73-50(39(6)31-44-19-21-48(71-28-25-60)51(32-44)68-10)34-47(61)38(5)30-41(8)53(63)54(69-11)52(62)40(7)29-36(2)3/h12-13,16,30,36,38-40,42-46,48-51,53-54,60,63,67H,14-15,17-29,31-35H2,1-11H3/b13-12+,37-16+,41-30+/t38-,39-,40-,42-,44+,45+,46?,48-,49?,50+,51-,53-,54+,58-/m1/s1. The monoisotopic (exact) mass is 1050 g/mol. The van der Waals surface area contributed by atoms with E-state index in [1.54, 1.807) is 34.0 Å². The van der Waals surface area contributed by atoms with Crippen molar-refractivity contribution in [2.75, 3.05) is 53.8 Å². The van der Waals surface area contributed by atoms with E-state index in [4.69, 9.17) is 33.2 Å². The van der Waals surface area contributed by atoms with Crippen LogP contribution in [0.15, 0.2) is 35.5 Å². The lowest BCUT2D eigenvalue weighted by atomic mass is 9.78. The summed E-state index contributed by atoms with van der Waals surface area (Å²) in [7, 11) is 3.01. The minimum absolute atomic E-state index is 0.0824. The van der Waals surface area contributed by atoms with E-state index >= 15 is 0 Å². The zero-order valence-corrected chi connectivity index (χ0v) is 46.8. The lowest BCUT2D eigenvalue weighted by molar-refractivity contribution is -0.266. The van der Waals surface area contributed by atoms with Crippen LogP contribution >= 0.6 is 0 Å². The molecule has 3 N–H and O–H groups in total. The van der Waals surface area contributed by atoms with Gasteiger partial charge in [-0.3, -0.25) is 19.2 Å². The van der Waals surface area contributed by atoms with Gasteiger partial charge in [-0.25, -0.2) is 4.79 Å². The van der Waals surface area contributed by atoms with E-state index in [0.717, 1.165) is 24.8 Å². The molecule has 74 heavy (non-hydrogen) atoms. The van der Waals surface area contributed by atoms with Gasteiger partial charge in [0.15, 0.2) is 5.78 Å². The summed E-state index contributed by atoms with van der Waals surface area (Å²) >= 11 is 0. The van der Waals surface area contributed by atoms with Gasteiger partial charge in [0.25, 0.3) is 11.7 Å². The molecule has 14 atom stereocenters. The Hall–Kier alpha value is -3.19. The number of amides is 1. The molecule has 0 bridgehead atoms. The molecular formula is C58H95NO15. The molecule has 1 aliphatic carbocycles. The second-order valence-corrected chi connectivity index (χ2v) is 22.5. The quantitative estimate of drug-likeness (QED) is 0.0287. The van der Waals surface area contributed by atoms with Crippen LogP contribution < -0.4 is 0 Å². The Labute approximate surface area is 442 Å². The van der Waals surface area contributed by atoms with Crippen molar-refractivity contribution in [2.45, 2.75) is 207 Å². The SMILES string of the molecule is C/C=C/C=C(\C)C(C[C@@H]1CC[C@@H](C)[C@](O)(C(=O)C(=O)N2CCCCC2C(=O)O[C@@H](CC(=O)[C@H](C)/C=C(\C)[C@@H](O)[C@@H](OC)C(=O)[C@H](C)CC(C)C)[C@H](C)C[C@@H]2CC[C@@H](OCCO)[C@H](OC)C2)O1)OCC1CCOCC1. The second kappa shape index (κ2) is 31.3. The molecule has 1 saturated carbocycles. The number of ether oxygens (including phenoxy) is 7. The van der Waals surface area contributed by atoms with Gasteiger partial charge >= 0.3 is 5.97 Å². The number of likely N-dealkylation sites (tertiary alicyclic amines) is 1. The number of piperidine rings is 1. The normalized spacial score (nSPS) is 28.6. The van der Waals surface area contributed by atoms with Crippen LogP contribution in [-0.2, 0) is 57.1 Å². The number of carbonyl (C=O) groups is 5. The third-order valence-corrected chi connectivity index (χ3v) is 16.1. The molecule has 4 aliphatic rings. The third-order valence-electron chi connectivity index (χ3n) is 16.1. The first-order chi connectivity index (χ1) is 35.2. The largest absolute Gasteiger partial charge is 0.460 e. The molecule has 2 unspecified atom stereocenters. The van der Waals surface area contributed by atoms with E-state index in [0.29, 0.717) is 89.1 Å². The first-order valence-electron chi connectivity index (χ1n) is 27.8. The highest BCUT2D eigenvalue weighted by Crippen LogP contribution is 2.38. The topological polar surface area (TPSA) is 214 Å². The van der Waals surface area contributed by atoms with Gasteiger partial charge in [-0.05, 0) is 133 Å². The molecule has 3 heterocycles. The minimum Gasteiger partial charge on any atom is -0.460 e. The highest BCUT2D eigenvalue weighted by molar-refractivity contribution is 6.39. The highest BCUT2D eigenvalue weighted by Gasteiger charge is 2.53. The summed E-state index contributed by atoms with van der Waals surface area (Å²) in [6, 6.07) is -1.15. The van der Waals surface area contributed by atoms with Crippen molar-refractivity contribution in [1.29, 1.82) is 0 Å². The van der Waals surface area contributed by atoms with Gasteiger partial charge in [0.05, 0.1) is 44.2 Å². The van der Waals surface area contributed by atoms with Crippen LogP contribution in [0.3, 0.4) is 0 Å². The molecule has 16 heteroatoms. The predicted molar refractivity (Wildman–Crippen MR) is 281 cm³/mol. The molecule has 4 fully saturated rings. The predicted octanol–water partition coefficient (Wildman–Crippen LogP) is 7.46. The number of ketones is 3. The summed E-state index contributed by atoms with van der Waals surface area (Å²) in [6.07, 6.45) is 10.4. The Bertz CT molecular complexity index is 1880. The minimum atomic E-state index is -2.44. The lowest BCUT2D eigenvalue weighted by Gasteiger charge is -2.43. The van der Waals surface area contributed by atoms with Crippen LogP contribution in [0.5, 0.6) is 0 Å². The molecule has 0 radical (unpaired) electrons. The average molecular weight is 1050 g/mol. The highest BCUT2D eigenvalue weighted by atomic mass is 16.6. The van der Waals surface area contributed by atoms with Crippen molar-refractivity contribution in [1.82, 2.24) is 4.90 Å². The van der Waals surface area contributed by atoms with Gasteiger partial charge in [-0.2, -0.15) is 0 Å². The maximum absolute atomic E-state index is 14.6. The Balaban J connectivity index is 1.55. The van der Waals surface area contributed by atoms with Crippen molar-refractivity contribution in [2.24, 2.45) is 41.4 Å². The Morgan fingerprint density at radius 3 is 2.24 bits per heavy atom. The van der Waals surface area contributed by atoms with Crippen molar-refractivity contribution < 1.29 is 72.5 Å². The van der Waals surface area contributed by atoms with E-state index in [-0.39, 0.29) is 86.2 Å². The van der Waals surface area contributed by atoms with E-state index < -0.39 is 65.7 Å². The van der Waals surface area contributed by atoms with Gasteiger partial charge in [0.1, 0.15) is 30.1 Å². The zero-order chi connectivity index (χ0) is 54.7. The molecule has 0 aromatic heterocycles. The molecule has 3 saturated heterocycles. The molecule has 0 aromatic rings. The van der Waals surface area contributed by atoms with Crippen molar-refractivity contribution in [3.63, 3.8) is 0 Å². The molecule has 4 rings (SSSR count). The summed E-state index contributed by atoms with van der Waals surface area (Å²) in [5.74, 6) is -7.21. The van der Waals surface area contributed by atoms with Gasteiger partial charge < -0.3 is 53.4 Å². The first kappa shape index (κ1) is 63.3. The maximum Gasteiger partial charge on any atom is 0.329 e. The van der Waals surface area contributed by atoms with Crippen LogP contribution in [0.1, 0.15) is 152 Å². The third kappa shape index (κ3) is 18.2. The molecule has 16 nitrogen and oxygen atoms in total. The first-order valence-corrected chi connectivity index (χ1v) is 27.8. The summed E-state index contributed by atoms with van der Waals surface area (Å²) in [5.41, 5.74) is 1.37. The number of nitrogens with zero attached hydrogens (tertiary/aromatic N) is 1. The lowest BCUT2D eigenvalue weighted by Crippen LogP contribution is -2.61. The van der Waals surface area contributed by atoms with E-state index in [9.17, 15) is 39.3 Å². The number of hydrogen-bond donors (Lipinski definition) is 3. The average Bonchev–Trinajstić information content (AvgIpc) is 3.38. The van der Waals surface area contributed by atoms with E-state index in [2.05, 4.69) is 0 Å². The molecular weight excluding hydrogens is 951 g/mol. The molecule has 422 valence electrons. The maximum atomic E-state index is 14.6. The number of Topliss-reactive ketones (excluding diaryl/α,β-unsaturated/α-hetero) is 3. The van der Waals surface area contributed by atoms with Crippen LogP contribution in [0, 0.1) is 41.4 Å². The van der Waals surface area contributed by atoms with Gasteiger partial charge in [-0.15, -0.1) is 0 Å². The van der Waals surface area contributed by atoms with E-state index in [1.807, 2.05) is 59.8 Å².